The van der Waals surface area contributed by atoms with Gasteiger partial charge in [-0.25, -0.2) is 0 Å². The Morgan fingerprint density at radius 1 is 0.882 bits per heavy atom. The smallest absolute Gasteiger partial charge is 0.0688 e. The maximum atomic E-state index is 6.13. The minimum absolute atomic E-state index is 0.207. The maximum Gasteiger partial charge on any atom is 0.0688 e. The standard InChI is InChI=1S/C16H28O/c1-14(2)8-5-9-15(3)12(14)6-10-16(4)13(15)7-11-17-16/h12-13H,5-11H2,1-4H3/t12?,13-,15-,16+/m0/s1. The Morgan fingerprint density at radius 2 is 1.65 bits per heavy atom. The highest BCUT2D eigenvalue weighted by molar-refractivity contribution is 5.09. The molecule has 1 aliphatic heterocycles. The summed E-state index contributed by atoms with van der Waals surface area (Å²) in [5, 5.41) is 0. The molecule has 2 aliphatic carbocycles. The van der Waals surface area contributed by atoms with Crippen molar-refractivity contribution < 1.29 is 4.74 Å². The highest BCUT2D eigenvalue weighted by Gasteiger charge is 2.60. The summed E-state index contributed by atoms with van der Waals surface area (Å²) in [6.45, 7) is 11.0. The molecule has 3 rings (SSSR count). The summed E-state index contributed by atoms with van der Waals surface area (Å²) in [6, 6.07) is 0. The van der Waals surface area contributed by atoms with Crippen molar-refractivity contribution in [2.24, 2.45) is 22.7 Å². The molecule has 0 N–H and O–H groups in total. The van der Waals surface area contributed by atoms with Crippen molar-refractivity contribution >= 4 is 0 Å². The van der Waals surface area contributed by atoms with E-state index in [0.717, 1.165) is 18.4 Å². The molecule has 4 atom stereocenters. The normalized spacial score (nSPS) is 52.9. The van der Waals surface area contributed by atoms with Crippen LogP contribution in [0.1, 0.15) is 66.2 Å². The van der Waals surface area contributed by atoms with Crippen molar-refractivity contribution in [2.75, 3.05) is 6.61 Å². The van der Waals surface area contributed by atoms with Crippen LogP contribution in [-0.2, 0) is 4.74 Å². The lowest BCUT2D eigenvalue weighted by molar-refractivity contribution is -0.147. The van der Waals surface area contributed by atoms with Gasteiger partial charge in [0.2, 0.25) is 0 Å². The zero-order valence-electron chi connectivity index (χ0n) is 12.0. The monoisotopic (exact) mass is 236 g/mol. The zero-order chi connectivity index (χ0) is 12.3. The molecule has 98 valence electrons. The summed E-state index contributed by atoms with van der Waals surface area (Å²) < 4.78 is 6.13. The molecule has 1 heteroatoms. The molecule has 17 heavy (non-hydrogen) atoms. The predicted molar refractivity (Wildman–Crippen MR) is 70.9 cm³/mol. The van der Waals surface area contributed by atoms with Gasteiger partial charge in [-0.1, -0.05) is 27.2 Å². The van der Waals surface area contributed by atoms with Gasteiger partial charge in [-0.2, -0.15) is 0 Å². The minimum Gasteiger partial charge on any atom is -0.375 e. The van der Waals surface area contributed by atoms with E-state index in [2.05, 4.69) is 27.7 Å². The maximum absolute atomic E-state index is 6.13. The highest BCUT2D eigenvalue weighted by atomic mass is 16.5. The van der Waals surface area contributed by atoms with E-state index >= 15 is 0 Å². The van der Waals surface area contributed by atoms with E-state index in [9.17, 15) is 0 Å². The number of rotatable bonds is 0. The molecule has 1 nitrogen and oxygen atoms in total. The Balaban J connectivity index is 1.98. The summed E-state index contributed by atoms with van der Waals surface area (Å²) in [7, 11) is 0. The second-order valence-corrected chi connectivity index (χ2v) is 7.94. The van der Waals surface area contributed by atoms with Gasteiger partial charge in [-0.15, -0.1) is 0 Å². The van der Waals surface area contributed by atoms with E-state index in [-0.39, 0.29) is 5.60 Å². The Bertz CT molecular complexity index is 317. The highest BCUT2D eigenvalue weighted by Crippen LogP contribution is 2.64. The van der Waals surface area contributed by atoms with Gasteiger partial charge in [0.05, 0.1) is 5.60 Å². The van der Waals surface area contributed by atoms with Gasteiger partial charge >= 0.3 is 0 Å². The van der Waals surface area contributed by atoms with Gasteiger partial charge in [-0.05, 0) is 61.7 Å². The molecule has 0 aromatic rings. The molecule has 1 heterocycles. The fraction of sp³-hybridized carbons (Fsp3) is 1.00. The molecule has 0 aromatic heterocycles. The second kappa shape index (κ2) is 3.50. The third-order valence-corrected chi connectivity index (χ3v) is 6.58. The van der Waals surface area contributed by atoms with Crippen molar-refractivity contribution in [1.29, 1.82) is 0 Å². The van der Waals surface area contributed by atoms with Gasteiger partial charge in [0, 0.05) is 6.61 Å². The number of fused-ring (bicyclic) bond motifs is 3. The van der Waals surface area contributed by atoms with Crippen LogP contribution in [0.3, 0.4) is 0 Å². The van der Waals surface area contributed by atoms with Crippen molar-refractivity contribution in [3.8, 4) is 0 Å². The summed E-state index contributed by atoms with van der Waals surface area (Å²) in [5.41, 5.74) is 1.31. The molecular formula is C16H28O. The summed E-state index contributed by atoms with van der Waals surface area (Å²) >= 11 is 0. The molecule has 1 saturated heterocycles. The SMILES string of the molecule is CC1(C)CCC[C@@]2(C)C1CC[C@@]1(C)OCC[C@H]12. The van der Waals surface area contributed by atoms with Gasteiger partial charge in [0.25, 0.3) is 0 Å². The third-order valence-electron chi connectivity index (χ3n) is 6.58. The van der Waals surface area contributed by atoms with Crippen LogP contribution < -0.4 is 0 Å². The van der Waals surface area contributed by atoms with Crippen LogP contribution in [0.2, 0.25) is 0 Å². The van der Waals surface area contributed by atoms with E-state index in [1.807, 2.05) is 0 Å². The van der Waals surface area contributed by atoms with Gasteiger partial charge < -0.3 is 4.74 Å². The number of hydrogen-bond donors (Lipinski definition) is 0. The first-order valence-electron chi connectivity index (χ1n) is 7.52. The summed E-state index contributed by atoms with van der Waals surface area (Å²) in [4.78, 5) is 0. The fourth-order valence-electron chi connectivity index (χ4n) is 5.82. The molecule has 0 radical (unpaired) electrons. The van der Waals surface area contributed by atoms with E-state index in [1.165, 1.54) is 38.5 Å². The zero-order valence-corrected chi connectivity index (χ0v) is 12.0. The van der Waals surface area contributed by atoms with Crippen molar-refractivity contribution in [1.82, 2.24) is 0 Å². The Morgan fingerprint density at radius 3 is 2.41 bits per heavy atom. The van der Waals surface area contributed by atoms with Crippen LogP contribution in [0.25, 0.3) is 0 Å². The van der Waals surface area contributed by atoms with E-state index in [4.69, 9.17) is 4.74 Å². The lowest BCUT2D eigenvalue weighted by Crippen LogP contribution is -2.55. The molecule has 0 aromatic carbocycles. The van der Waals surface area contributed by atoms with Gasteiger partial charge in [0.1, 0.15) is 0 Å². The lowest BCUT2D eigenvalue weighted by Gasteiger charge is -2.60. The van der Waals surface area contributed by atoms with Crippen LogP contribution in [-0.4, -0.2) is 12.2 Å². The van der Waals surface area contributed by atoms with E-state index in [1.54, 1.807) is 0 Å². The molecule has 3 fully saturated rings. The Kier molecular flexibility index (Phi) is 2.47. The Labute approximate surface area is 106 Å². The van der Waals surface area contributed by atoms with E-state index in [0.29, 0.717) is 10.8 Å². The van der Waals surface area contributed by atoms with Crippen LogP contribution in [0, 0.1) is 22.7 Å². The average Bonchev–Trinajstić information content (AvgIpc) is 2.60. The summed E-state index contributed by atoms with van der Waals surface area (Å²) in [6.07, 6.45) is 8.27. The molecule has 0 amide bonds. The molecule has 0 bridgehead atoms. The van der Waals surface area contributed by atoms with Crippen LogP contribution >= 0.6 is 0 Å². The molecular weight excluding hydrogens is 208 g/mol. The molecule has 0 spiro atoms. The predicted octanol–water partition coefficient (Wildman–Crippen LogP) is 4.41. The first-order chi connectivity index (χ1) is 7.89. The second-order valence-electron chi connectivity index (χ2n) is 7.94. The van der Waals surface area contributed by atoms with Crippen molar-refractivity contribution in [3.63, 3.8) is 0 Å². The number of hydrogen-bond acceptors (Lipinski definition) is 1. The quantitative estimate of drug-likeness (QED) is 0.605. The van der Waals surface area contributed by atoms with Crippen molar-refractivity contribution in [2.45, 2.75) is 71.8 Å². The van der Waals surface area contributed by atoms with Crippen LogP contribution in [0.15, 0.2) is 0 Å². The first kappa shape index (κ1) is 12.0. The van der Waals surface area contributed by atoms with E-state index < -0.39 is 0 Å². The topological polar surface area (TPSA) is 9.23 Å². The lowest BCUT2D eigenvalue weighted by atomic mass is 9.46. The third kappa shape index (κ3) is 1.54. The average molecular weight is 236 g/mol. The summed E-state index contributed by atoms with van der Waals surface area (Å²) in [5.74, 6) is 1.73. The Hall–Kier alpha value is -0.0400. The largest absolute Gasteiger partial charge is 0.375 e. The first-order valence-corrected chi connectivity index (χ1v) is 7.52. The van der Waals surface area contributed by atoms with Crippen molar-refractivity contribution in [3.05, 3.63) is 0 Å². The van der Waals surface area contributed by atoms with Crippen LogP contribution in [0.5, 0.6) is 0 Å². The minimum atomic E-state index is 0.207. The molecule has 3 aliphatic rings. The van der Waals surface area contributed by atoms with Gasteiger partial charge in [-0.3, -0.25) is 0 Å². The van der Waals surface area contributed by atoms with Crippen LogP contribution in [0.4, 0.5) is 0 Å². The number of ether oxygens (including phenoxy) is 1. The molecule has 1 unspecified atom stereocenters. The fourth-order valence-corrected chi connectivity index (χ4v) is 5.82. The molecule has 2 saturated carbocycles. The van der Waals surface area contributed by atoms with Gasteiger partial charge in [0.15, 0.2) is 0 Å².